The van der Waals surface area contributed by atoms with Gasteiger partial charge in [0.2, 0.25) is 10.0 Å². The number of anilines is 1. The Bertz CT molecular complexity index is 491. The van der Waals surface area contributed by atoms with Crippen LogP contribution in [0.4, 0.5) is 5.69 Å². The lowest BCUT2D eigenvalue weighted by molar-refractivity contribution is 0.364. The molecule has 1 saturated heterocycles. The highest BCUT2D eigenvalue weighted by molar-refractivity contribution is 7.89. The Morgan fingerprint density at radius 3 is 2.22 bits per heavy atom. The van der Waals surface area contributed by atoms with Gasteiger partial charge >= 0.3 is 0 Å². The third kappa shape index (κ3) is 3.03. The second-order valence-corrected chi connectivity index (χ2v) is 6.68. The molecule has 0 aromatic heterocycles. The second kappa shape index (κ2) is 5.71. The van der Waals surface area contributed by atoms with Crippen molar-refractivity contribution < 1.29 is 8.42 Å². The van der Waals surface area contributed by atoms with Crippen molar-refractivity contribution in [1.82, 2.24) is 4.31 Å². The van der Waals surface area contributed by atoms with Gasteiger partial charge in [0.05, 0.1) is 4.90 Å². The number of nitrogens with zero attached hydrogens (tertiary/aromatic N) is 1. The molecule has 0 spiro atoms. The third-order valence-electron chi connectivity index (χ3n) is 3.31. The molecule has 1 aromatic carbocycles. The summed E-state index contributed by atoms with van der Waals surface area (Å²) in [7, 11) is -3.37. The summed E-state index contributed by atoms with van der Waals surface area (Å²) in [4.78, 5) is 0.308. The number of rotatable bonds is 2. The lowest BCUT2D eigenvalue weighted by Gasteiger charge is -2.24. The summed E-state index contributed by atoms with van der Waals surface area (Å²) in [5.74, 6) is 0. The van der Waals surface area contributed by atoms with Crippen LogP contribution in [0.5, 0.6) is 0 Å². The van der Waals surface area contributed by atoms with Crippen LogP contribution in [0, 0.1) is 0 Å². The number of nitrogens with two attached hydrogens (primary N) is 1. The standard InChI is InChI=1S/C13H20N2O2S/c14-12-7-6-8-13(11-12)18(16,17)15-9-4-2-1-3-5-10-15/h6-8,11H,1-5,9-10,14H2. The zero-order chi connectivity index (χ0) is 13.0. The van der Waals surface area contributed by atoms with E-state index in [0.717, 1.165) is 25.7 Å². The quantitative estimate of drug-likeness (QED) is 0.837. The highest BCUT2D eigenvalue weighted by Gasteiger charge is 2.24. The van der Waals surface area contributed by atoms with Crippen molar-refractivity contribution >= 4 is 15.7 Å². The van der Waals surface area contributed by atoms with Gasteiger partial charge in [-0.05, 0) is 31.0 Å². The Morgan fingerprint density at radius 2 is 1.61 bits per heavy atom. The minimum Gasteiger partial charge on any atom is -0.399 e. The first-order valence-corrected chi connectivity index (χ1v) is 7.90. The van der Waals surface area contributed by atoms with E-state index in [4.69, 9.17) is 5.73 Å². The van der Waals surface area contributed by atoms with Gasteiger partial charge in [0.1, 0.15) is 0 Å². The van der Waals surface area contributed by atoms with Gasteiger partial charge in [-0.2, -0.15) is 4.31 Å². The largest absolute Gasteiger partial charge is 0.399 e. The maximum Gasteiger partial charge on any atom is 0.243 e. The molecule has 1 aromatic rings. The van der Waals surface area contributed by atoms with Crippen molar-refractivity contribution in [3.05, 3.63) is 24.3 Å². The summed E-state index contributed by atoms with van der Waals surface area (Å²) >= 11 is 0. The molecule has 2 rings (SSSR count). The van der Waals surface area contributed by atoms with Gasteiger partial charge in [-0.25, -0.2) is 8.42 Å². The molecular formula is C13H20N2O2S. The number of sulfonamides is 1. The number of benzene rings is 1. The Labute approximate surface area is 109 Å². The zero-order valence-corrected chi connectivity index (χ0v) is 11.3. The highest BCUT2D eigenvalue weighted by atomic mass is 32.2. The average molecular weight is 268 g/mol. The van der Waals surface area contributed by atoms with Gasteiger partial charge in [0.15, 0.2) is 0 Å². The van der Waals surface area contributed by atoms with Crippen LogP contribution >= 0.6 is 0 Å². The highest BCUT2D eigenvalue weighted by Crippen LogP contribution is 2.21. The fourth-order valence-corrected chi connectivity index (χ4v) is 3.86. The number of hydrogen-bond donors (Lipinski definition) is 1. The van der Waals surface area contributed by atoms with E-state index >= 15 is 0 Å². The van der Waals surface area contributed by atoms with Crippen molar-refractivity contribution in [3.8, 4) is 0 Å². The van der Waals surface area contributed by atoms with Crippen molar-refractivity contribution in [2.45, 2.75) is 37.0 Å². The second-order valence-electron chi connectivity index (χ2n) is 4.74. The molecule has 0 radical (unpaired) electrons. The molecule has 0 bridgehead atoms. The molecule has 1 heterocycles. The first-order chi connectivity index (χ1) is 8.60. The molecule has 18 heavy (non-hydrogen) atoms. The van der Waals surface area contributed by atoms with Crippen LogP contribution in [-0.2, 0) is 10.0 Å². The lowest BCUT2D eigenvalue weighted by atomic mass is 10.1. The normalized spacial score (nSPS) is 19.1. The Morgan fingerprint density at radius 1 is 1.00 bits per heavy atom. The Kier molecular flexibility index (Phi) is 4.24. The molecule has 5 heteroatoms. The summed E-state index contributed by atoms with van der Waals surface area (Å²) in [5, 5.41) is 0. The van der Waals surface area contributed by atoms with Crippen LogP contribution in [0.3, 0.4) is 0 Å². The predicted octanol–water partition coefficient (Wildman–Crippen LogP) is 2.22. The predicted molar refractivity (Wildman–Crippen MR) is 72.7 cm³/mol. The molecular weight excluding hydrogens is 248 g/mol. The van der Waals surface area contributed by atoms with E-state index < -0.39 is 10.0 Å². The monoisotopic (exact) mass is 268 g/mol. The zero-order valence-electron chi connectivity index (χ0n) is 10.5. The summed E-state index contributed by atoms with van der Waals surface area (Å²) < 4.78 is 26.5. The van der Waals surface area contributed by atoms with E-state index in [9.17, 15) is 8.42 Å². The fourth-order valence-electron chi connectivity index (χ4n) is 2.28. The van der Waals surface area contributed by atoms with E-state index in [2.05, 4.69) is 0 Å². The summed E-state index contributed by atoms with van der Waals surface area (Å²) in [5.41, 5.74) is 6.15. The molecule has 1 aliphatic rings. The van der Waals surface area contributed by atoms with Crippen LogP contribution in [0.15, 0.2) is 29.2 Å². The SMILES string of the molecule is Nc1cccc(S(=O)(=O)N2CCCCCCC2)c1. The summed E-state index contributed by atoms with van der Waals surface area (Å²) in [6.07, 6.45) is 5.33. The van der Waals surface area contributed by atoms with Gasteiger partial charge < -0.3 is 5.73 Å². The van der Waals surface area contributed by atoms with Crippen molar-refractivity contribution in [2.24, 2.45) is 0 Å². The number of nitrogen functional groups attached to an aromatic ring is 1. The first-order valence-electron chi connectivity index (χ1n) is 6.46. The molecule has 4 nitrogen and oxygen atoms in total. The van der Waals surface area contributed by atoms with Gasteiger partial charge in [-0.1, -0.05) is 25.3 Å². The van der Waals surface area contributed by atoms with Crippen molar-refractivity contribution in [3.63, 3.8) is 0 Å². The molecule has 0 saturated carbocycles. The van der Waals surface area contributed by atoms with Crippen LogP contribution < -0.4 is 5.73 Å². The van der Waals surface area contributed by atoms with E-state index in [-0.39, 0.29) is 0 Å². The van der Waals surface area contributed by atoms with Gasteiger partial charge in [-0.3, -0.25) is 0 Å². The van der Waals surface area contributed by atoms with Crippen LogP contribution in [-0.4, -0.2) is 25.8 Å². The maximum absolute atomic E-state index is 12.5. The first kappa shape index (κ1) is 13.4. The van der Waals surface area contributed by atoms with Gasteiger partial charge in [-0.15, -0.1) is 0 Å². The molecule has 0 unspecified atom stereocenters. The van der Waals surface area contributed by atoms with Gasteiger partial charge in [0.25, 0.3) is 0 Å². The van der Waals surface area contributed by atoms with E-state index in [1.54, 1.807) is 22.5 Å². The molecule has 2 N–H and O–H groups in total. The third-order valence-corrected chi connectivity index (χ3v) is 5.21. The van der Waals surface area contributed by atoms with Crippen molar-refractivity contribution in [1.29, 1.82) is 0 Å². The molecule has 1 fully saturated rings. The minimum absolute atomic E-state index is 0.308. The fraction of sp³-hybridized carbons (Fsp3) is 0.538. The molecule has 1 aliphatic heterocycles. The Balaban J connectivity index is 2.23. The Hall–Kier alpha value is -1.07. The number of hydrogen-bond acceptors (Lipinski definition) is 3. The van der Waals surface area contributed by atoms with E-state index in [1.807, 2.05) is 0 Å². The smallest absolute Gasteiger partial charge is 0.243 e. The molecule has 100 valence electrons. The molecule has 0 aliphatic carbocycles. The topological polar surface area (TPSA) is 63.4 Å². The minimum atomic E-state index is -3.37. The van der Waals surface area contributed by atoms with E-state index in [1.165, 1.54) is 12.5 Å². The van der Waals surface area contributed by atoms with Crippen molar-refractivity contribution in [2.75, 3.05) is 18.8 Å². The van der Waals surface area contributed by atoms with Crippen LogP contribution in [0.1, 0.15) is 32.1 Å². The average Bonchev–Trinajstić information content (AvgIpc) is 2.27. The molecule has 0 atom stereocenters. The summed E-state index contributed by atoms with van der Waals surface area (Å²) in [6, 6.07) is 6.54. The van der Waals surface area contributed by atoms with Crippen LogP contribution in [0.25, 0.3) is 0 Å². The molecule has 0 amide bonds. The van der Waals surface area contributed by atoms with Gasteiger partial charge in [0, 0.05) is 18.8 Å². The maximum atomic E-state index is 12.5. The summed E-state index contributed by atoms with van der Waals surface area (Å²) in [6.45, 7) is 1.24. The van der Waals surface area contributed by atoms with E-state index in [0.29, 0.717) is 23.7 Å². The lowest BCUT2D eigenvalue weighted by Crippen LogP contribution is -2.33. The van der Waals surface area contributed by atoms with Crippen LogP contribution in [0.2, 0.25) is 0 Å².